The third-order valence-corrected chi connectivity index (χ3v) is 8.46. The molecule has 0 spiro atoms. The lowest BCUT2D eigenvalue weighted by Gasteiger charge is -2.27. The second-order valence-electron chi connectivity index (χ2n) is 11.3. The number of aromatic nitrogens is 4. The number of carbonyl (C=O) groups excluding carboxylic acids is 3. The lowest BCUT2D eigenvalue weighted by Crippen LogP contribution is -2.44. The Kier molecular flexibility index (Phi) is 6.40. The molecule has 3 aliphatic rings. The molecule has 3 atom stereocenters. The first kappa shape index (κ1) is 25.5. The van der Waals surface area contributed by atoms with Crippen molar-refractivity contribution in [2.24, 2.45) is 11.8 Å². The molecule has 2 aromatic heterocycles. The fourth-order valence-electron chi connectivity index (χ4n) is 5.93. The first-order valence-electron chi connectivity index (χ1n) is 13.7. The van der Waals surface area contributed by atoms with E-state index in [9.17, 15) is 18.8 Å². The Bertz CT molecular complexity index is 1520. The standard InChI is InChI=1S/C30H32FN5O3/c1-16(19-4-5-19)24(31)7-9-28(38)27-12-21-11-26(21)36(27)29(39)15-35-25-8-6-20(22-13-32-18(3)33-14-22)10-23(25)30(34-35)17(2)37/h6,8,10,13-14,19,21,26-27H,4-5,7,9,11-12,15H2,1-3H3/t21-,26-,27+/m1/s1. The molecule has 2 saturated carbocycles. The van der Waals surface area contributed by atoms with E-state index in [4.69, 9.17) is 0 Å². The summed E-state index contributed by atoms with van der Waals surface area (Å²) in [6.45, 7) is 5.02. The SMILES string of the molecule is CC(=O)c1nn(CC(=O)N2[C@@H]3C[C@@H]3C[C@H]2C(=O)CCC(F)=C(C)C2CC2)c2ccc(-c3cnc(C)nc3)cc12. The summed E-state index contributed by atoms with van der Waals surface area (Å²) >= 11 is 0. The Balaban J connectivity index is 1.22. The predicted octanol–water partition coefficient (Wildman–Crippen LogP) is 5.00. The number of fused-ring (bicyclic) bond motifs is 2. The molecule has 3 fully saturated rings. The maximum atomic E-state index is 14.5. The van der Waals surface area contributed by atoms with Crippen LogP contribution in [0.3, 0.4) is 0 Å². The van der Waals surface area contributed by atoms with E-state index in [1.54, 1.807) is 22.0 Å². The molecule has 2 aliphatic carbocycles. The quantitative estimate of drug-likeness (QED) is 0.362. The summed E-state index contributed by atoms with van der Waals surface area (Å²) in [4.78, 5) is 49.4. The molecule has 202 valence electrons. The Hall–Kier alpha value is -3.75. The minimum absolute atomic E-state index is 0.0577. The Morgan fingerprint density at radius 1 is 1.03 bits per heavy atom. The summed E-state index contributed by atoms with van der Waals surface area (Å²) in [5.41, 5.74) is 3.40. The molecule has 0 radical (unpaired) electrons. The maximum absolute atomic E-state index is 14.5. The average molecular weight is 530 g/mol. The molecule has 0 unspecified atom stereocenters. The summed E-state index contributed by atoms with van der Waals surface area (Å²) in [7, 11) is 0. The van der Waals surface area contributed by atoms with Crippen molar-refractivity contribution >= 4 is 28.4 Å². The highest BCUT2D eigenvalue weighted by Crippen LogP contribution is 2.48. The molecular weight excluding hydrogens is 497 g/mol. The van der Waals surface area contributed by atoms with Crippen LogP contribution in [0.15, 0.2) is 42.0 Å². The van der Waals surface area contributed by atoms with E-state index in [1.807, 2.05) is 32.0 Å². The number of ketones is 2. The molecule has 0 N–H and O–H groups in total. The lowest BCUT2D eigenvalue weighted by molar-refractivity contribution is -0.139. The molecule has 9 heteroatoms. The normalized spacial score (nSPS) is 22.6. The van der Waals surface area contributed by atoms with Gasteiger partial charge < -0.3 is 4.90 Å². The second-order valence-corrected chi connectivity index (χ2v) is 11.3. The average Bonchev–Trinajstić information content (AvgIpc) is 3.85. The van der Waals surface area contributed by atoms with Gasteiger partial charge in [0.05, 0.1) is 17.4 Å². The fraction of sp³-hybridized carbons (Fsp3) is 0.467. The first-order valence-corrected chi connectivity index (χ1v) is 13.7. The van der Waals surface area contributed by atoms with Crippen LogP contribution < -0.4 is 0 Å². The minimum atomic E-state index is -0.516. The van der Waals surface area contributed by atoms with Gasteiger partial charge in [0.15, 0.2) is 11.6 Å². The van der Waals surface area contributed by atoms with Crippen molar-refractivity contribution in [2.75, 3.05) is 0 Å². The van der Waals surface area contributed by atoms with Gasteiger partial charge in [-0.05, 0) is 74.6 Å². The highest BCUT2D eigenvalue weighted by molar-refractivity contribution is 6.06. The topological polar surface area (TPSA) is 98.1 Å². The summed E-state index contributed by atoms with van der Waals surface area (Å²) in [5, 5.41) is 5.16. The minimum Gasteiger partial charge on any atom is -0.328 e. The first-order chi connectivity index (χ1) is 18.7. The molecule has 39 heavy (non-hydrogen) atoms. The zero-order valence-electron chi connectivity index (χ0n) is 22.5. The molecule has 6 rings (SSSR count). The van der Waals surface area contributed by atoms with Gasteiger partial charge in [-0.2, -0.15) is 5.10 Å². The van der Waals surface area contributed by atoms with Crippen molar-refractivity contribution < 1.29 is 18.8 Å². The zero-order chi connectivity index (χ0) is 27.4. The largest absolute Gasteiger partial charge is 0.328 e. The van der Waals surface area contributed by atoms with E-state index < -0.39 is 6.04 Å². The van der Waals surface area contributed by atoms with Gasteiger partial charge in [0, 0.05) is 49.2 Å². The summed E-state index contributed by atoms with van der Waals surface area (Å²) in [6.07, 6.45) is 7.26. The monoisotopic (exact) mass is 529 g/mol. The number of amides is 1. The van der Waals surface area contributed by atoms with Crippen LogP contribution in [-0.4, -0.2) is 54.2 Å². The molecule has 1 saturated heterocycles. The molecule has 3 aromatic rings. The molecule has 1 aromatic carbocycles. The molecule has 1 aliphatic heterocycles. The fourth-order valence-corrected chi connectivity index (χ4v) is 5.93. The number of halogens is 1. The zero-order valence-corrected chi connectivity index (χ0v) is 22.5. The van der Waals surface area contributed by atoms with Crippen LogP contribution in [-0.2, 0) is 16.1 Å². The number of likely N-dealkylation sites (tertiary alicyclic amines) is 1. The van der Waals surface area contributed by atoms with E-state index in [0.717, 1.165) is 36.0 Å². The van der Waals surface area contributed by atoms with Gasteiger partial charge in [-0.1, -0.05) is 6.07 Å². The summed E-state index contributed by atoms with van der Waals surface area (Å²) in [6, 6.07) is 5.16. The molecular formula is C30H32FN5O3. The van der Waals surface area contributed by atoms with Crippen molar-refractivity contribution in [3.8, 4) is 11.1 Å². The number of rotatable bonds is 9. The number of Topliss-reactive ketones (excluding diaryl/α,β-unsaturated/α-hetero) is 2. The van der Waals surface area contributed by atoms with E-state index in [-0.39, 0.29) is 48.7 Å². The van der Waals surface area contributed by atoms with Crippen LogP contribution in [0.1, 0.15) is 68.7 Å². The third-order valence-electron chi connectivity index (χ3n) is 8.46. The highest BCUT2D eigenvalue weighted by atomic mass is 19.1. The van der Waals surface area contributed by atoms with E-state index in [2.05, 4.69) is 15.1 Å². The van der Waals surface area contributed by atoms with Crippen molar-refractivity contribution in [2.45, 2.75) is 77.9 Å². The number of piperidine rings is 1. The number of allylic oxidation sites excluding steroid dienone is 2. The van der Waals surface area contributed by atoms with Crippen molar-refractivity contribution in [1.29, 1.82) is 0 Å². The van der Waals surface area contributed by atoms with Crippen LogP contribution in [0.25, 0.3) is 22.0 Å². The van der Waals surface area contributed by atoms with Gasteiger partial charge in [0.25, 0.3) is 0 Å². The maximum Gasteiger partial charge on any atom is 0.245 e. The van der Waals surface area contributed by atoms with Gasteiger partial charge >= 0.3 is 0 Å². The third kappa shape index (κ3) is 4.90. The van der Waals surface area contributed by atoms with Gasteiger partial charge in [0.2, 0.25) is 5.91 Å². The number of hydrogen-bond acceptors (Lipinski definition) is 6. The van der Waals surface area contributed by atoms with Crippen LogP contribution >= 0.6 is 0 Å². The molecule has 8 nitrogen and oxygen atoms in total. The second kappa shape index (κ2) is 9.77. The van der Waals surface area contributed by atoms with Crippen molar-refractivity contribution in [1.82, 2.24) is 24.6 Å². The van der Waals surface area contributed by atoms with E-state index in [0.29, 0.717) is 40.7 Å². The number of aryl methyl sites for hydroxylation is 1. The van der Waals surface area contributed by atoms with Crippen molar-refractivity contribution in [3.05, 3.63) is 53.5 Å². The molecule has 0 bridgehead atoms. The Labute approximate surface area is 226 Å². The molecule has 1 amide bonds. The van der Waals surface area contributed by atoms with Crippen molar-refractivity contribution in [3.63, 3.8) is 0 Å². The van der Waals surface area contributed by atoms with E-state index >= 15 is 0 Å². The Morgan fingerprint density at radius 3 is 2.46 bits per heavy atom. The number of hydrogen-bond donors (Lipinski definition) is 0. The van der Waals surface area contributed by atoms with E-state index in [1.165, 1.54) is 6.92 Å². The number of carbonyl (C=O) groups is 3. The lowest BCUT2D eigenvalue weighted by atomic mass is 10.0. The highest BCUT2D eigenvalue weighted by Gasteiger charge is 2.55. The van der Waals surface area contributed by atoms with Gasteiger partial charge in [-0.3, -0.25) is 19.1 Å². The van der Waals surface area contributed by atoms with Gasteiger partial charge in [-0.25, -0.2) is 14.4 Å². The van der Waals surface area contributed by atoms with Gasteiger partial charge in [-0.15, -0.1) is 0 Å². The van der Waals surface area contributed by atoms with Crippen LogP contribution in [0, 0.1) is 18.8 Å². The van der Waals surface area contributed by atoms with Crippen LogP contribution in [0.2, 0.25) is 0 Å². The number of nitrogens with zero attached hydrogens (tertiary/aromatic N) is 5. The van der Waals surface area contributed by atoms with Crippen LogP contribution in [0.4, 0.5) is 4.39 Å². The number of benzene rings is 1. The van der Waals surface area contributed by atoms with Gasteiger partial charge in [0.1, 0.15) is 18.1 Å². The summed E-state index contributed by atoms with van der Waals surface area (Å²) in [5.74, 6) is 0.690. The predicted molar refractivity (Wildman–Crippen MR) is 143 cm³/mol. The molecule has 3 heterocycles. The van der Waals surface area contributed by atoms with Crippen LogP contribution in [0.5, 0.6) is 0 Å². The summed E-state index contributed by atoms with van der Waals surface area (Å²) < 4.78 is 16.1. The Morgan fingerprint density at radius 2 is 1.77 bits per heavy atom. The smallest absolute Gasteiger partial charge is 0.245 e.